The molecule has 0 atom stereocenters. The summed E-state index contributed by atoms with van der Waals surface area (Å²) in [5.41, 5.74) is 4.93. The van der Waals surface area contributed by atoms with Crippen LogP contribution in [-0.4, -0.2) is 40.7 Å². The predicted molar refractivity (Wildman–Crippen MR) is 75.3 cm³/mol. The van der Waals surface area contributed by atoms with E-state index in [0.29, 0.717) is 12.8 Å². The van der Waals surface area contributed by atoms with Crippen molar-refractivity contribution < 1.29 is 5.48 Å². The van der Waals surface area contributed by atoms with Gasteiger partial charge >= 0.3 is 0 Å². The van der Waals surface area contributed by atoms with Gasteiger partial charge in [0.2, 0.25) is 11.9 Å². The Labute approximate surface area is 121 Å². The van der Waals surface area contributed by atoms with Crippen LogP contribution >= 0.6 is 0 Å². The van der Waals surface area contributed by atoms with E-state index < -0.39 is 5.54 Å². The first-order chi connectivity index (χ1) is 9.62. The number of nitrogens with two attached hydrogens (primary N) is 1. The highest BCUT2D eigenvalue weighted by Crippen LogP contribution is 2.19. The maximum Gasteiger partial charge on any atom is 0.258 e. The van der Waals surface area contributed by atoms with E-state index in [0.717, 1.165) is 0 Å². The second kappa shape index (κ2) is 6.58. The van der Waals surface area contributed by atoms with Crippen molar-refractivity contribution in [3.05, 3.63) is 12.7 Å². The lowest BCUT2D eigenvalue weighted by molar-refractivity contribution is 0.543. The monoisotopic (exact) mass is 291 g/mol. The van der Waals surface area contributed by atoms with Gasteiger partial charge in [0.1, 0.15) is 18.2 Å². The van der Waals surface area contributed by atoms with Crippen molar-refractivity contribution in [1.29, 1.82) is 5.26 Å². The van der Waals surface area contributed by atoms with Gasteiger partial charge in [-0.1, -0.05) is 13.8 Å². The molecule has 0 aliphatic carbocycles. The largest absolute Gasteiger partial charge is 0.412 e. The average Bonchev–Trinajstić information content (AvgIpc) is 2.98. The molecule has 0 aromatic carbocycles. The van der Waals surface area contributed by atoms with Gasteiger partial charge in [0.05, 0.1) is 6.07 Å². The highest BCUT2D eigenvalue weighted by molar-refractivity contribution is 5.39. The topological polar surface area (TPSA) is 163 Å². The van der Waals surface area contributed by atoms with Gasteiger partial charge < -0.3 is 16.5 Å². The van der Waals surface area contributed by atoms with Crippen molar-refractivity contribution in [2.45, 2.75) is 32.2 Å². The third-order valence-electron chi connectivity index (χ3n) is 3.04. The zero-order chi connectivity index (χ0) is 14.6. The second-order valence-electron chi connectivity index (χ2n) is 4.18. The Morgan fingerprint density at radius 3 is 2.57 bits per heavy atom. The number of nitriles is 1. The molecule has 2 aromatic rings. The van der Waals surface area contributed by atoms with Crippen LogP contribution in [-0.2, 0) is 0 Å². The van der Waals surface area contributed by atoms with Crippen LogP contribution in [0.3, 0.4) is 0 Å². The Kier molecular flexibility index (Phi) is 5.09. The van der Waals surface area contributed by atoms with Crippen molar-refractivity contribution in [2.75, 3.05) is 11.1 Å². The lowest BCUT2D eigenvalue weighted by Crippen LogP contribution is -2.36. The molecule has 0 spiro atoms. The molecular weight excluding hydrogens is 274 g/mol. The first-order valence-electron chi connectivity index (χ1n) is 6.18. The summed E-state index contributed by atoms with van der Waals surface area (Å²) in [7, 11) is 0. The van der Waals surface area contributed by atoms with Gasteiger partial charge in [0, 0.05) is 0 Å². The Bertz CT molecular complexity index is 615. The van der Waals surface area contributed by atoms with Gasteiger partial charge in [0.25, 0.3) is 5.95 Å². The minimum Gasteiger partial charge on any atom is -0.412 e. The maximum atomic E-state index is 9.32. The number of hydrogen-bond donors (Lipinski definition) is 2. The van der Waals surface area contributed by atoms with Crippen LogP contribution in [0.25, 0.3) is 5.95 Å². The SMILES string of the molecule is CCC(C#N)(CC)Nc1nc(N)nc(-n2cncn2)n1.O. The zero-order valence-electron chi connectivity index (χ0n) is 11.8. The van der Waals surface area contributed by atoms with Crippen LogP contribution in [0.4, 0.5) is 11.9 Å². The number of nitrogen functional groups attached to an aromatic ring is 1. The summed E-state index contributed by atoms with van der Waals surface area (Å²) < 4.78 is 1.37. The Morgan fingerprint density at radius 2 is 2.05 bits per heavy atom. The molecule has 0 radical (unpaired) electrons. The molecule has 0 aliphatic rings. The molecule has 21 heavy (non-hydrogen) atoms. The molecule has 0 saturated heterocycles. The molecule has 10 nitrogen and oxygen atoms in total. The molecule has 2 heterocycles. The highest BCUT2D eigenvalue weighted by atomic mass is 16.0. The van der Waals surface area contributed by atoms with Crippen LogP contribution in [0.2, 0.25) is 0 Å². The summed E-state index contributed by atoms with van der Waals surface area (Å²) in [4.78, 5) is 16.0. The highest BCUT2D eigenvalue weighted by Gasteiger charge is 2.27. The summed E-state index contributed by atoms with van der Waals surface area (Å²) in [6.07, 6.45) is 4.05. The van der Waals surface area contributed by atoms with E-state index in [9.17, 15) is 5.26 Å². The number of aromatic nitrogens is 6. The van der Waals surface area contributed by atoms with E-state index in [4.69, 9.17) is 5.73 Å². The summed E-state index contributed by atoms with van der Waals surface area (Å²) in [6, 6.07) is 2.25. The molecule has 0 saturated carbocycles. The van der Waals surface area contributed by atoms with Gasteiger partial charge in [-0.05, 0) is 12.8 Å². The molecule has 2 rings (SSSR count). The predicted octanol–water partition coefficient (Wildman–Crippen LogP) is -0.296. The van der Waals surface area contributed by atoms with Crippen LogP contribution in [0, 0.1) is 11.3 Å². The fraction of sp³-hybridized carbons (Fsp3) is 0.455. The quantitative estimate of drug-likeness (QED) is 0.758. The summed E-state index contributed by atoms with van der Waals surface area (Å²) in [5, 5.41) is 16.3. The summed E-state index contributed by atoms with van der Waals surface area (Å²) in [5.74, 6) is 0.539. The molecule has 2 aromatic heterocycles. The fourth-order valence-electron chi connectivity index (χ4n) is 1.68. The van der Waals surface area contributed by atoms with E-state index in [1.807, 2.05) is 13.8 Å². The Morgan fingerprint density at radius 1 is 1.33 bits per heavy atom. The van der Waals surface area contributed by atoms with Crippen LogP contribution in [0.15, 0.2) is 12.7 Å². The normalized spacial score (nSPS) is 10.5. The Hall–Kier alpha value is -2.80. The van der Waals surface area contributed by atoms with Gasteiger partial charge in [-0.2, -0.15) is 30.0 Å². The number of hydrogen-bond acceptors (Lipinski definition) is 8. The minimum absolute atomic E-state index is 0. The third-order valence-corrected chi connectivity index (χ3v) is 3.04. The lowest BCUT2D eigenvalue weighted by Gasteiger charge is -2.24. The smallest absolute Gasteiger partial charge is 0.258 e. The summed E-state index contributed by atoms with van der Waals surface area (Å²) >= 11 is 0. The lowest BCUT2D eigenvalue weighted by atomic mass is 9.95. The zero-order valence-corrected chi connectivity index (χ0v) is 11.8. The van der Waals surface area contributed by atoms with E-state index in [2.05, 4.69) is 36.4 Å². The van der Waals surface area contributed by atoms with Gasteiger partial charge in [0.15, 0.2) is 0 Å². The van der Waals surface area contributed by atoms with Crippen LogP contribution < -0.4 is 11.1 Å². The maximum absolute atomic E-state index is 9.32. The number of rotatable bonds is 5. The van der Waals surface area contributed by atoms with Gasteiger partial charge in [-0.25, -0.2) is 4.98 Å². The van der Waals surface area contributed by atoms with Crippen LogP contribution in [0.1, 0.15) is 26.7 Å². The standard InChI is InChI=1S/C11H15N9.H2O/c1-3-11(4-2,5-12)19-9-16-8(13)17-10(18-9)20-7-14-6-15-20;/h6-7H,3-4H2,1-2H3,(H3,13,16,17,18,19);1H2. The van der Waals surface area contributed by atoms with Crippen LogP contribution in [0.5, 0.6) is 0 Å². The number of nitrogens with one attached hydrogen (secondary N) is 1. The molecule has 10 heteroatoms. The van der Waals surface area contributed by atoms with Gasteiger partial charge in [-0.3, -0.25) is 0 Å². The molecule has 0 fully saturated rings. The molecule has 5 N–H and O–H groups in total. The first-order valence-corrected chi connectivity index (χ1v) is 6.18. The second-order valence-corrected chi connectivity index (χ2v) is 4.18. The van der Waals surface area contributed by atoms with Crippen molar-refractivity contribution in [1.82, 2.24) is 29.7 Å². The molecule has 0 aliphatic heterocycles. The van der Waals surface area contributed by atoms with Crippen molar-refractivity contribution in [3.8, 4) is 12.0 Å². The van der Waals surface area contributed by atoms with E-state index >= 15 is 0 Å². The third kappa shape index (κ3) is 3.40. The molecular formula is C11H17N9O. The first kappa shape index (κ1) is 16.3. The fourth-order valence-corrected chi connectivity index (χ4v) is 1.68. The van der Waals surface area contributed by atoms with Crippen molar-refractivity contribution in [2.24, 2.45) is 0 Å². The number of nitrogens with zero attached hydrogens (tertiary/aromatic N) is 7. The van der Waals surface area contributed by atoms with Crippen molar-refractivity contribution >= 4 is 11.9 Å². The molecule has 0 bridgehead atoms. The minimum atomic E-state index is -0.729. The Balaban J connectivity index is 0.00000220. The number of anilines is 2. The van der Waals surface area contributed by atoms with Gasteiger partial charge in [-0.15, -0.1) is 0 Å². The van der Waals surface area contributed by atoms with E-state index in [-0.39, 0.29) is 23.3 Å². The van der Waals surface area contributed by atoms with Crippen molar-refractivity contribution in [3.63, 3.8) is 0 Å². The van der Waals surface area contributed by atoms with E-state index in [1.165, 1.54) is 17.3 Å². The average molecular weight is 291 g/mol. The molecule has 112 valence electrons. The summed E-state index contributed by atoms with van der Waals surface area (Å²) in [6.45, 7) is 3.84. The molecule has 0 amide bonds. The van der Waals surface area contributed by atoms with E-state index in [1.54, 1.807) is 0 Å². The molecule has 0 unspecified atom stereocenters.